The van der Waals surface area contributed by atoms with Crippen LogP contribution in [0.5, 0.6) is 0 Å². The molecule has 0 heterocycles. The largest absolute Gasteiger partial charge is 0.480 e. The molecule has 0 bridgehead atoms. The molecule has 0 aliphatic heterocycles. The first-order valence-corrected chi connectivity index (χ1v) is 5.70. The number of hydrogen-bond acceptors (Lipinski definition) is 3. The zero-order valence-electron chi connectivity index (χ0n) is 9.90. The van der Waals surface area contributed by atoms with Gasteiger partial charge in [-0.1, -0.05) is 26.7 Å². The van der Waals surface area contributed by atoms with Gasteiger partial charge in [-0.25, -0.2) is 4.79 Å². The van der Waals surface area contributed by atoms with Crippen LogP contribution in [-0.4, -0.2) is 34.7 Å². The molecule has 5 heteroatoms. The van der Waals surface area contributed by atoms with Gasteiger partial charge in [-0.05, 0) is 12.8 Å². The molecule has 0 radical (unpaired) electrons. The number of aliphatic hydroxyl groups excluding tert-OH is 1. The van der Waals surface area contributed by atoms with E-state index >= 15 is 0 Å². The fraction of sp³-hybridized carbons (Fsp3) is 0.818. The highest BCUT2D eigenvalue weighted by atomic mass is 16.4. The van der Waals surface area contributed by atoms with Crippen LogP contribution in [0.3, 0.4) is 0 Å². The summed E-state index contributed by atoms with van der Waals surface area (Å²) in [6, 6.07) is -1.19. The Hall–Kier alpha value is -1.10. The molecule has 0 saturated carbocycles. The number of rotatable bonds is 8. The Labute approximate surface area is 95.9 Å². The highest BCUT2D eigenvalue weighted by Crippen LogP contribution is 2.13. The van der Waals surface area contributed by atoms with Gasteiger partial charge in [0.2, 0.25) is 5.91 Å². The molecule has 0 unspecified atom stereocenters. The Bertz CT molecular complexity index is 224. The Morgan fingerprint density at radius 1 is 1.19 bits per heavy atom. The van der Waals surface area contributed by atoms with E-state index in [1.165, 1.54) is 0 Å². The molecule has 0 aliphatic rings. The van der Waals surface area contributed by atoms with Gasteiger partial charge in [0, 0.05) is 5.92 Å². The van der Waals surface area contributed by atoms with Crippen molar-refractivity contribution in [3.63, 3.8) is 0 Å². The molecule has 0 aromatic carbocycles. The second-order valence-corrected chi connectivity index (χ2v) is 3.86. The zero-order chi connectivity index (χ0) is 12.6. The molecule has 0 rings (SSSR count). The van der Waals surface area contributed by atoms with Gasteiger partial charge >= 0.3 is 5.97 Å². The Morgan fingerprint density at radius 3 is 2.00 bits per heavy atom. The summed E-state index contributed by atoms with van der Waals surface area (Å²) in [5.41, 5.74) is 0. The van der Waals surface area contributed by atoms with Crippen molar-refractivity contribution in [3.8, 4) is 0 Å². The molecule has 0 aliphatic carbocycles. The molecule has 0 aromatic rings. The summed E-state index contributed by atoms with van der Waals surface area (Å²) in [5, 5.41) is 19.8. The number of carboxylic acid groups (broad SMARTS) is 1. The van der Waals surface area contributed by atoms with E-state index in [1.807, 2.05) is 13.8 Å². The predicted molar refractivity (Wildman–Crippen MR) is 60.0 cm³/mol. The SMILES string of the molecule is CCCC(CCC)C(=O)N[C@H](CO)C(=O)O. The van der Waals surface area contributed by atoms with Crippen LogP contribution in [0, 0.1) is 5.92 Å². The van der Waals surface area contributed by atoms with E-state index in [9.17, 15) is 9.59 Å². The van der Waals surface area contributed by atoms with Gasteiger partial charge in [0.25, 0.3) is 0 Å². The molecule has 94 valence electrons. The van der Waals surface area contributed by atoms with Crippen LogP contribution in [0.15, 0.2) is 0 Å². The van der Waals surface area contributed by atoms with Crippen molar-refractivity contribution in [2.45, 2.75) is 45.6 Å². The average molecular weight is 231 g/mol. The summed E-state index contributed by atoms with van der Waals surface area (Å²) in [5.74, 6) is -1.63. The lowest BCUT2D eigenvalue weighted by atomic mass is 9.97. The Kier molecular flexibility index (Phi) is 7.54. The first kappa shape index (κ1) is 14.9. The lowest BCUT2D eigenvalue weighted by Gasteiger charge is -2.18. The summed E-state index contributed by atoms with van der Waals surface area (Å²) >= 11 is 0. The minimum Gasteiger partial charge on any atom is -0.480 e. The number of aliphatic carboxylic acids is 1. The van der Waals surface area contributed by atoms with Gasteiger partial charge < -0.3 is 15.5 Å². The molecule has 0 spiro atoms. The van der Waals surface area contributed by atoms with Crippen molar-refractivity contribution in [3.05, 3.63) is 0 Å². The number of carbonyl (C=O) groups excluding carboxylic acids is 1. The van der Waals surface area contributed by atoms with Crippen LogP contribution in [0.4, 0.5) is 0 Å². The maximum atomic E-state index is 11.7. The minimum absolute atomic E-state index is 0.150. The van der Waals surface area contributed by atoms with E-state index in [1.54, 1.807) is 0 Å². The molecule has 0 saturated heterocycles. The van der Waals surface area contributed by atoms with Crippen LogP contribution in [0.1, 0.15) is 39.5 Å². The fourth-order valence-corrected chi connectivity index (χ4v) is 1.58. The van der Waals surface area contributed by atoms with Crippen LogP contribution in [-0.2, 0) is 9.59 Å². The maximum Gasteiger partial charge on any atom is 0.328 e. The second kappa shape index (κ2) is 8.10. The van der Waals surface area contributed by atoms with E-state index in [4.69, 9.17) is 10.2 Å². The van der Waals surface area contributed by atoms with Crippen molar-refractivity contribution >= 4 is 11.9 Å². The number of amides is 1. The molecular weight excluding hydrogens is 210 g/mol. The van der Waals surface area contributed by atoms with Gasteiger partial charge in [-0.3, -0.25) is 4.79 Å². The Balaban J connectivity index is 4.32. The third-order valence-electron chi connectivity index (χ3n) is 2.44. The number of carboxylic acids is 1. The van der Waals surface area contributed by atoms with Crippen LogP contribution in [0.2, 0.25) is 0 Å². The molecule has 1 amide bonds. The van der Waals surface area contributed by atoms with Crippen LogP contribution < -0.4 is 5.32 Å². The van der Waals surface area contributed by atoms with Gasteiger partial charge in [0.05, 0.1) is 6.61 Å². The fourth-order valence-electron chi connectivity index (χ4n) is 1.58. The Morgan fingerprint density at radius 2 is 1.69 bits per heavy atom. The van der Waals surface area contributed by atoms with Crippen molar-refractivity contribution < 1.29 is 19.8 Å². The van der Waals surface area contributed by atoms with Gasteiger partial charge in [0.1, 0.15) is 6.04 Å². The number of carbonyl (C=O) groups is 2. The van der Waals surface area contributed by atoms with Crippen LogP contribution in [0.25, 0.3) is 0 Å². The zero-order valence-corrected chi connectivity index (χ0v) is 9.90. The molecule has 16 heavy (non-hydrogen) atoms. The number of aliphatic hydroxyl groups is 1. The topological polar surface area (TPSA) is 86.6 Å². The number of nitrogens with one attached hydrogen (secondary N) is 1. The molecule has 0 aromatic heterocycles. The van der Waals surface area contributed by atoms with E-state index in [-0.39, 0.29) is 11.8 Å². The van der Waals surface area contributed by atoms with Gasteiger partial charge in [0.15, 0.2) is 0 Å². The molecule has 0 fully saturated rings. The van der Waals surface area contributed by atoms with E-state index in [0.717, 1.165) is 25.7 Å². The first-order valence-electron chi connectivity index (χ1n) is 5.70. The van der Waals surface area contributed by atoms with Crippen LogP contribution >= 0.6 is 0 Å². The smallest absolute Gasteiger partial charge is 0.328 e. The summed E-state index contributed by atoms with van der Waals surface area (Å²) in [6.45, 7) is 3.39. The van der Waals surface area contributed by atoms with E-state index < -0.39 is 18.6 Å². The third-order valence-corrected chi connectivity index (χ3v) is 2.44. The van der Waals surface area contributed by atoms with Gasteiger partial charge in [-0.2, -0.15) is 0 Å². The molecule has 3 N–H and O–H groups in total. The van der Waals surface area contributed by atoms with Crippen molar-refractivity contribution in [1.82, 2.24) is 5.32 Å². The lowest BCUT2D eigenvalue weighted by Crippen LogP contribution is -2.45. The predicted octanol–water partition coefficient (Wildman–Crippen LogP) is 0.764. The first-order chi connectivity index (χ1) is 7.56. The minimum atomic E-state index is -1.21. The molecular formula is C11H21NO4. The standard InChI is InChI=1S/C11H21NO4/c1-3-5-8(6-4-2)10(14)12-9(7-13)11(15)16/h8-9,13H,3-7H2,1-2H3,(H,12,14)(H,15,16)/t9-/m1/s1. The van der Waals surface area contributed by atoms with Crippen molar-refractivity contribution in [2.75, 3.05) is 6.61 Å². The third kappa shape index (κ3) is 5.11. The second-order valence-electron chi connectivity index (χ2n) is 3.86. The summed E-state index contributed by atoms with van der Waals surface area (Å²) in [4.78, 5) is 22.3. The normalized spacial score (nSPS) is 12.5. The van der Waals surface area contributed by atoms with Crippen molar-refractivity contribution in [2.24, 2.45) is 5.92 Å². The molecule has 5 nitrogen and oxygen atoms in total. The highest BCUT2D eigenvalue weighted by molar-refractivity contribution is 5.85. The van der Waals surface area contributed by atoms with E-state index in [0.29, 0.717) is 0 Å². The monoisotopic (exact) mass is 231 g/mol. The van der Waals surface area contributed by atoms with Crippen molar-refractivity contribution in [1.29, 1.82) is 0 Å². The summed E-state index contributed by atoms with van der Waals surface area (Å²) in [7, 11) is 0. The lowest BCUT2D eigenvalue weighted by molar-refractivity contribution is -0.143. The van der Waals surface area contributed by atoms with E-state index in [2.05, 4.69) is 5.32 Å². The number of hydrogen-bond donors (Lipinski definition) is 3. The molecule has 1 atom stereocenters. The quantitative estimate of drug-likeness (QED) is 0.575. The highest BCUT2D eigenvalue weighted by Gasteiger charge is 2.23. The average Bonchev–Trinajstić information content (AvgIpc) is 2.24. The summed E-state index contributed by atoms with van der Waals surface area (Å²) in [6.07, 6.45) is 3.26. The maximum absolute atomic E-state index is 11.7. The summed E-state index contributed by atoms with van der Waals surface area (Å²) < 4.78 is 0. The van der Waals surface area contributed by atoms with Gasteiger partial charge in [-0.15, -0.1) is 0 Å².